The molecule has 14 heavy (non-hydrogen) atoms. The third-order valence-electron chi connectivity index (χ3n) is 1.67. The van der Waals surface area contributed by atoms with Crippen molar-refractivity contribution >= 4 is 31.9 Å². The van der Waals surface area contributed by atoms with Gasteiger partial charge in [0.15, 0.2) is 5.75 Å². The maximum absolute atomic E-state index is 12.0. The molecule has 0 atom stereocenters. The van der Waals surface area contributed by atoms with Crippen LogP contribution in [0.2, 0.25) is 0 Å². The first kappa shape index (κ1) is 11.9. The third-order valence-corrected chi connectivity index (χ3v) is 2.85. The van der Waals surface area contributed by atoms with E-state index in [1.165, 1.54) is 0 Å². The van der Waals surface area contributed by atoms with Crippen LogP contribution in [0.15, 0.2) is 21.1 Å². The first-order chi connectivity index (χ1) is 6.54. The lowest BCUT2D eigenvalue weighted by Gasteiger charge is -2.10. The van der Waals surface area contributed by atoms with Gasteiger partial charge in [-0.1, -0.05) is 6.92 Å². The van der Waals surface area contributed by atoms with Crippen molar-refractivity contribution in [3.05, 3.63) is 26.6 Å². The van der Waals surface area contributed by atoms with E-state index >= 15 is 0 Å². The molecule has 0 saturated heterocycles. The second-order valence-electron chi connectivity index (χ2n) is 2.62. The topological polar surface area (TPSA) is 9.23 Å². The lowest BCUT2D eigenvalue weighted by molar-refractivity contribution is -0.0508. The molecule has 1 nitrogen and oxygen atoms in total. The van der Waals surface area contributed by atoms with Crippen molar-refractivity contribution in [3.8, 4) is 5.75 Å². The SMILES string of the molecule is CCc1cc(Br)c(OC(F)F)c(Br)c1. The Morgan fingerprint density at radius 1 is 1.29 bits per heavy atom. The number of aryl methyl sites for hydroxylation is 1. The number of hydrogen-bond donors (Lipinski definition) is 0. The summed E-state index contributed by atoms with van der Waals surface area (Å²) in [6.45, 7) is -0.822. The molecule has 0 radical (unpaired) electrons. The molecule has 0 spiro atoms. The second kappa shape index (κ2) is 5.07. The maximum atomic E-state index is 12.0. The molecular formula is C9H8Br2F2O. The molecule has 0 heterocycles. The average Bonchev–Trinajstić information content (AvgIpc) is 2.10. The minimum atomic E-state index is -2.81. The fourth-order valence-corrected chi connectivity index (χ4v) is 2.49. The summed E-state index contributed by atoms with van der Waals surface area (Å²) in [5.74, 6) is 0.136. The van der Waals surface area contributed by atoms with Gasteiger partial charge in [-0.2, -0.15) is 8.78 Å². The number of benzene rings is 1. The summed E-state index contributed by atoms with van der Waals surface area (Å²) in [6, 6.07) is 3.53. The predicted octanol–water partition coefficient (Wildman–Crippen LogP) is 4.38. The van der Waals surface area contributed by atoms with E-state index in [9.17, 15) is 8.78 Å². The Hall–Kier alpha value is -0.160. The van der Waals surface area contributed by atoms with Crippen LogP contribution < -0.4 is 4.74 Å². The van der Waals surface area contributed by atoms with E-state index in [1.54, 1.807) is 12.1 Å². The Kier molecular flexibility index (Phi) is 4.31. The highest BCUT2D eigenvalue weighted by molar-refractivity contribution is 9.11. The summed E-state index contributed by atoms with van der Waals surface area (Å²) in [5, 5.41) is 0. The van der Waals surface area contributed by atoms with Crippen LogP contribution >= 0.6 is 31.9 Å². The Balaban J connectivity index is 3.05. The van der Waals surface area contributed by atoms with Gasteiger partial charge >= 0.3 is 6.61 Å². The fraction of sp³-hybridized carbons (Fsp3) is 0.333. The van der Waals surface area contributed by atoms with E-state index in [-0.39, 0.29) is 5.75 Å². The Morgan fingerprint density at radius 2 is 1.79 bits per heavy atom. The molecule has 1 aromatic rings. The van der Waals surface area contributed by atoms with Crippen LogP contribution in [0.5, 0.6) is 5.75 Å². The lowest BCUT2D eigenvalue weighted by Crippen LogP contribution is -2.03. The largest absolute Gasteiger partial charge is 0.432 e. The van der Waals surface area contributed by atoms with Crippen LogP contribution in [0, 0.1) is 0 Å². The van der Waals surface area contributed by atoms with E-state index in [2.05, 4.69) is 36.6 Å². The van der Waals surface area contributed by atoms with Crippen molar-refractivity contribution in [2.75, 3.05) is 0 Å². The van der Waals surface area contributed by atoms with Crippen molar-refractivity contribution in [1.82, 2.24) is 0 Å². The highest BCUT2D eigenvalue weighted by Gasteiger charge is 2.12. The zero-order chi connectivity index (χ0) is 10.7. The summed E-state index contributed by atoms with van der Waals surface area (Å²) in [6.07, 6.45) is 0.839. The number of hydrogen-bond acceptors (Lipinski definition) is 1. The summed E-state index contributed by atoms with van der Waals surface area (Å²) < 4.78 is 29.4. The molecule has 0 aliphatic rings. The summed E-state index contributed by atoms with van der Waals surface area (Å²) in [4.78, 5) is 0. The maximum Gasteiger partial charge on any atom is 0.387 e. The van der Waals surface area contributed by atoms with Gasteiger partial charge in [0.2, 0.25) is 0 Å². The van der Waals surface area contributed by atoms with Gasteiger partial charge < -0.3 is 4.74 Å². The molecule has 1 aromatic carbocycles. The quantitative estimate of drug-likeness (QED) is 0.799. The van der Waals surface area contributed by atoms with Gasteiger partial charge in [-0.05, 0) is 56.0 Å². The van der Waals surface area contributed by atoms with E-state index in [1.807, 2.05) is 6.92 Å². The van der Waals surface area contributed by atoms with E-state index in [0.29, 0.717) is 8.95 Å². The molecule has 0 aliphatic heterocycles. The van der Waals surface area contributed by atoms with Crippen molar-refractivity contribution in [2.45, 2.75) is 20.0 Å². The van der Waals surface area contributed by atoms with Crippen LogP contribution in [-0.2, 0) is 6.42 Å². The summed E-state index contributed by atoms with van der Waals surface area (Å²) >= 11 is 6.36. The third kappa shape index (κ3) is 2.92. The van der Waals surface area contributed by atoms with Gasteiger partial charge in [0.1, 0.15) is 0 Å². The standard InChI is InChI=1S/C9H8Br2F2O/c1-2-5-3-6(10)8(7(11)4-5)14-9(12)13/h3-4,9H,2H2,1H3. The molecule has 0 aliphatic carbocycles. The smallest absolute Gasteiger partial charge is 0.387 e. The van der Waals surface area contributed by atoms with Gasteiger partial charge in [-0.25, -0.2) is 0 Å². The van der Waals surface area contributed by atoms with E-state index < -0.39 is 6.61 Å². The second-order valence-corrected chi connectivity index (χ2v) is 4.33. The first-order valence-electron chi connectivity index (χ1n) is 3.97. The Labute approximate surface area is 97.7 Å². The zero-order valence-corrected chi connectivity index (χ0v) is 10.5. The van der Waals surface area contributed by atoms with Crippen molar-refractivity contribution in [2.24, 2.45) is 0 Å². The number of halogens is 4. The molecule has 0 amide bonds. The molecule has 5 heteroatoms. The monoisotopic (exact) mass is 328 g/mol. The molecule has 0 saturated carbocycles. The van der Waals surface area contributed by atoms with Crippen LogP contribution in [0.3, 0.4) is 0 Å². The summed E-state index contributed by atoms with van der Waals surface area (Å²) in [5.41, 5.74) is 1.05. The molecule has 0 N–H and O–H groups in total. The zero-order valence-electron chi connectivity index (χ0n) is 7.36. The van der Waals surface area contributed by atoms with Crippen molar-refractivity contribution < 1.29 is 13.5 Å². The van der Waals surface area contributed by atoms with Gasteiger partial charge in [0.25, 0.3) is 0 Å². The van der Waals surface area contributed by atoms with Gasteiger partial charge in [0.05, 0.1) is 8.95 Å². The fourth-order valence-electron chi connectivity index (χ4n) is 1.02. The molecular weight excluding hydrogens is 322 g/mol. The van der Waals surface area contributed by atoms with Crippen LogP contribution in [0.25, 0.3) is 0 Å². The van der Waals surface area contributed by atoms with Gasteiger partial charge in [0, 0.05) is 0 Å². The van der Waals surface area contributed by atoms with E-state index in [0.717, 1.165) is 12.0 Å². The lowest BCUT2D eigenvalue weighted by atomic mass is 10.2. The number of alkyl halides is 2. The summed E-state index contributed by atoms with van der Waals surface area (Å²) in [7, 11) is 0. The van der Waals surface area contributed by atoms with Gasteiger partial charge in [-0.3, -0.25) is 0 Å². The number of ether oxygens (including phenoxy) is 1. The minimum absolute atomic E-state index is 0.136. The van der Waals surface area contributed by atoms with E-state index in [4.69, 9.17) is 0 Å². The molecule has 0 unspecified atom stereocenters. The Bertz CT molecular complexity index is 306. The predicted molar refractivity (Wildman–Crippen MR) is 57.9 cm³/mol. The normalized spacial score (nSPS) is 10.7. The van der Waals surface area contributed by atoms with Crippen LogP contribution in [0.1, 0.15) is 12.5 Å². The molecule has 0 fully saturated rings. The molecule has 0 bridgehead atoms. The molecule has 1 rings (SSSR count). The Morgan fingerprint density at radius 3 is 2.14 bits per heavy atom. The highest BCUT2D eigenvalue weighted by atomic mass is 79.9. The van der Waals surface area contributed by atoms with Crippen LogP contribution in [0.4, 0.5) is 8.78 Å². The van der Waals surface area contributed by atoms with Crippen molar-refractivity contribution in [3.63, 3.8) is 0 Å². The average molecular weight is 330 g/mol. The molecule has 0 aromatic heterocycles. The molecule has 78 valence electrons. The highest BCUT2D eigenvalue weighted by Crippen LogP contribution is 2.35. The van der Waals surface area contributed by atoms with Gasteiger partial charge in [-0.15, -0.1) is 0 Å². The van der Waals surface area contributed by atoms with Crippen molar-refractivity contribution in [1.29, 1.82) is 0 Å². The first-order valence-corrected chi connectivity index (χ1v) is 5.56. The van der Waals surface area contributed by atoms with Crippen LogP contribution in [-0.4, -0.2) is 6.61 Å². The minimum Gasteiger partial charge on any atom is -0.432 e. The number of rotatable bonds is 3.